The molecule has 0 radical (unpaired) electrons. The largest absolute Gasteiger partial charge is 0.372 e. The van der Waals surface area contributed by atoms with E-state index in [4.69, 9.17) is 4.74 Å². The van der Waals surface area contributed by atoms with Crippen molar-refractivity contribution in [2.45, 2.75) is 24.8 Å². The summed E-state index contributed by atoms with van der Waals surface area (Å²) in [6.07, 6.45) is 1.85. The monoisotopic (exact) mass is 284 g/mol. The van der Waals surface area contributed by atoms with Gasteiger partial charge in [-0.3, -0.25) is 0 Å². The van der Waals surface area contributed by atoms with Crippen LogP contribution < -0.4 is 4.90 Å². The molecule has 1 aromatic heterocycles. The average Bonchev–Trinajstić information content (AvgIpc) is 2.27. The SMILES string of the molecule is CC1(C)CN(c2ncccc2CBr)CCO1. The lowest BCUT2D eigenvalue weighted by molar-refractivity contribution is -0.0279. The number of hydrogen-bond acceptors (Lipinski definition) is 3. The van der Waals surface area contributed by atoms with Crippen molar-refractivity contribution in [3.05, 3.63) is 23.9 Å². The Morgan fingerprint density at radius 3 is 3.06 bits per heavy atom. The molecular weight excluding hydrogens is 268 g/mol. The molecule has 0 aliphatic carbocycles. The maximum absolute atomic E-state index is 5.71. The summed E-state index contributed by atoms with van der Waals surface area (Å²) in [7, 11) is 0. The van der Waals surface area contributed by atoms with Crippen LogP contribution in [-0.4, -0.2) is 30.3 Å². The number of alkyl halides is 1. The minimum absolute atomic E-state index is 0.0840. The van der Waals surface area contributed by atoms with Crippen molar-refractivity contribution in [3.63, 3.8) is 0 Å². The Balaban J connectivity index is 2.23. The van der Waals surface area contributed by atoms with Gasteiger partial charge in [-0.05, 0) is 19.9 Å². The number of rotatable bonds is 2. The molecule has 4 heteroatoms. The van der Waals surface area contributed by atoms with Gasteiger partial charge < -0.3 is 9.64 Å². The molecule has 2 rings (SSSR count). The lowest BCUT2D eigenvalue weighted by Gasteiger charge is -2.39. The van der Waals surface area contributed by atoms with Gasteiger partial charge in [0, 0.05) is 30.2 Å². The molecule has 0 N–H and O–H groups in total. The van der Waals surface area contributed by atoms with Gasteiger partial charge in [0.15, 0.2) is 0 Å². The number of ether oxygens (including phenoxy) is 1. The molecule has 0 atom stereocenters. The molecule has 0 bridgehead atoms. The quantitative estimate of drug-likeness (QED) is 0.781. The first kappa shape index (κ1) is 11.9. The first-order valence-corrected chi connectivity index (χ1v) is 6.63. The van der Waals surface area contributed by atoms with Crippen molar-refractivity contribution in [2.75, 3.05) is 24.6 Å². The third-order valence-electron chi connectivity index (χ3n) is 2.74. The van der Waals surface area contributed by atoms with Gasteiger partial charge in [-0.15, -0.1) is 0 Å². The van der Waals surface area contributed by atoms with E-state index in [-0.39, 0.29) is 5.60 Å². The average molecular weight is 285 g/mol. The lowest BCUT2D eigenvalue weighted by atomic mass is 10.1. The van der Waals surface area contributed by atoms with E-state index in [0.29, 0.717) is 0 Å². The summed E-state index contributed by atoms with van der Waals surface area (Å²) in [6, 6.07) is 4.09. The van der Waals surface area contributed by atoms with E-state index in [1.165, 1.54) is 5.56 Å². The van der Waals surface area contributed by atoms with Gasteiger partial charge in [-0.25, -0.2) is 4.98 Å². The Morgan fingerprint density at radius 1 is 1.56 bits per heavy atom. The highest BCUT2D eigenvalue weighted by Gasteiger charge is 2.28. The van der Waals surface area contributed by atoms with Gasteiger partial charge in [0.05, 0.1) is 12.2 Å². The van der Waals surface area contributed by atoms with Crippen molar-refractivity contribution in [1.29, 1.82) is 0 Å². The van der Waals surface area contributed by atoms with Gasteiger partial charge in [0.2, 0.25) is 0 Å². The second-order valence-electron chi connectivity index (χ2n) is 4.65. The van der Waals surface area contributed by atoms with Crippen LogP contribution in [0.1, 0.15) is 19.4 Å². The standard InChI is InChI=1S/C12H17BrN2O/c1-12(2)9-15(6-7-16-12)11-10(8-13)4-3-5-14-11/h3-5H,6-9H2,1-2H3. The Labute approximate surface area is 105 Å². The van der Waals surface area contributed by atoms with Crippen LogP contribution in [-0.2, 0) is 10.1 Å². The second kappa shape index (κ2) is 4.72. The molecule has 2 heterocycles. The van der Waals surface area contributed by atoms with E-state index >= 15 is 0 Å². The summed E-state index contributed by atoms with van der Waals surface area (Å²) in [6.45, 7) is 6.82. The van der Waals surface area contributed by atoms with E-state index in [0.717, 1.165) is 30.8 Å². The number of aromatic nitrogens is 1. The van der Waals surface area contributed by atoms with E-state index < -0.39 is 0 Å². The molecule has 0 spiro atoms. The van der Waals surface area contributed by atoms with Crippen molar-refractivity contribution in [1.82, 2.24) is 4.98 Å². The van der Waals surface area contributed by atoms with Crippen molar-refractivity contribution in [2.24, 2.45) is 0 Å². The summed E-state index contributed by atoms with van der Waals surface area (Å²) in [5.41, 5.74) is 1.15. The van der Waals surface area contributed by atoms with Crippen molar-refractivity contribution >= 4 is 21.7 Å². The normalized spacial score (nSPS) is 19.8. The molecule has 0 unspecified atom stereocenters. The zero-order chi connectivity index (χ0) is 11.6. The van der Waals surface area contributed by atoms with Crippen LogP contribution in [0.4, 0.5) is 5.82 Å². The molecule has 3 nitrogen and oxygen atoms in total. The fourth-order valence-corrected chi connectivity index (χ4v) is 2.45. The molecule has 1 fully saturated rings. The number of anilines is 1. The zero-order valence-electron chi connectivity index (χ0n) is 9.74. The second-order valence-corrected chi connectivity index (χ2v) is 5.21. The number of morpholine rings is 1. The third-order valence-corrected chi connectivity index (χ3v) is 3.34. The fraction of sp³-hybridized carbons (Fsp3) is 0.583. The van der Waals surface area contributed by atoms with E-state index in [2.05, 4.69) is 45.7 Å². The summed E-state index contributed by atoms with van der Waals surface area (Å²) in [5, 5.41) is 0.841. The van der Waals surface area contributed by atoms with Gasteiger partial charge in [-0.1, -0.05) is 22.0 Å². The predicted octanol–water partition coefficient (Wildman–Crippen LogP) is 2.59. The third kappa shape index (κ3) is 2.55. The van der Waals surface area contributed by atoms with Crippen LogP contribution in [0.15, 0.2) is 18.3 Å². The molecule has 88 valence electrons. The maximum atomic E-state index is 5.71. The van der Waals surface area contributed by atoms with E-state index in [9.17, 15) is 0 Å². The minimum Gasteiger partial charge on any atom is -0.372 e. The first-order chi connectivity index (χ1) is 7.62. The van der Waals surface area contributed by atoms with Gasteiger partial charge in [0.1, 0.15) is 5.82 Å². The number of hydrogen-bond donors (Lipinski definition) is 0. The van der Waals surface area contributed by atoms with Crippen LogP contribution in [0.2, 0.25) is 0 Å². The number of halogens is 1. The highest BCUT2D eigenvalue weighted by molar-refractivity contribution is 9.08. The van der Waals surface area contributed by atoms with Gasteiger partial charge >= 0.3 is 0 Å². The molecule has 0 saturated carbocycles. The molecule has 16 heavy (non-hydrogen) atoms. The van der Waals surface area contributed by atoms with E-state index in [1.807, 2.05) is 12.3 Å². The predicted molar refractivity (Wildman–Crippen MR) is 69.1 cm³/mol. The summed E-state index contributed by atoms with van der Waals surface area (Å²) in [5.74, 6) is 1.08. The molecule has 1 aliphatic rings. The Hall–Kier alpha value is -0.610. The molecule has 0 aromatic carbocycles. The smallest absolute Gasteiger partial charge is 0.132 e. The van der Waals surface area contributed by atoms with Crippen LogP contribution in [0.25, 0.3) is 0 Å². The fourth-order valence-electron chi connectivity index (χ4n) is 2.02. The molecule has 1 saturated heterocycles. The number of pyridine rings is 1. The van der Waals surface area contributed by atoms with Crippen LogP contribution in [0, 0.1) is 0 Å². The highest BCUT2D eigenvalue weighted by Crippen LogP contribution is 2.25. The summed E-state index contributed by atoms with van der Waals surface area (Å²) < 4.78 is 5.71. The van der Waals surface area contributed by atoms with Gasteiger partial charge in [-0.2, -0.15) is 0 Å². The molecular formula is C12H17BrN2O. The summed E-state index contributed by atoms with van der Waals surface area (Å²) in [4.78, 5) is 6.78. The van der Waals surface area contributed by atoms with Crippen molar-refractivity contribution < 1.29 is 4.74 Å². The molecule has 1 aromatic rings. The first-order valence-electron chi connectivity index (χ1n) is 5.51. The number of nitrogens with zero attached hydrogens (tertiary/aromatic N) is 2. The molecule has 1 aliphatic heterocycles. The topological polar surface area (TPSA) is 25.4 Å². The minimum atomic E-state index is -0.0840. The molecule has 0 amide bonds. The zero-order valence-corrected chi connectivity index (χ0v) is 11.3. The Kier molecular flexibility index (Phi) is 3.50. The summed E-state index contributed by atoms with van der Waals surface area (Å²) >= 11 is 3.51. The van der Waals surface area contributed by atoms with Crippen LogP contribution in [0.3, 0.4) is 0 Å². The Morgan fingerprint density at radius 2 is 2.38 bits per heavy atom. The van der Waals surface area contributed by atoms with Gasteiger partial charge in [0.25, 0.3) is 0 Å². The van der Waals surface area contributed by atoms with Crippen LogP contribution in [0.5, 0.6) is 0 Å². The van der Waals surface area contributed by atoms with E-state index in [1.54, 1.807) is 0 Å². The Bertz CT molecular complexity index is 368. The maximum Gasteiger partial charge on any atom is 0.132 e. The lowest BCUT2D eigenvalue weighted by Crippen LogP contribution is -2.48. The highest BCUT2D eigenvalue weighted by atomic mass is 79.9. The van der Waals surface area contributed by atoms with Crippen LogP contribution >= 0.6 is 15.9 Å². The van der Waals surface area contributed by atoms with Crippen molar-refractivity contribution in [3.8, 4) is 0 Å².